The number of thioether (sulfide) groups is 1. The number of benzene rings is 2. The van der Waals surface area contributed by atoms with E-state index in [1.807, 2.05) is 48.5 Å². The van der Waals surface area contributed by atoms with Crippen molar-refractivity contribution >= 4 is 51.4 Å². The highest BCUT2D eigenvalue weighted by atomic mass is 79.9. The van der Waals surface area contributed by atoms with Gasteiger partial charge in [0.15, 0.2) is 11.0 Å². The maximum absolute atomic E-state index is 12.3. The molecule has 0 unspecified atom stereocenters. The van der Waals surface area contributed by atoms with Crippen LogP contribution in [0.25, 0.3) is 11.4 Å². The fraction of sp³-hybridized carbons (Fsp3) is 0.304. The molecule has 0 saturated heterocycles. The van der Waals surface area contributed by atoms with Gasteiger partial charge >= 0.3 is 0 Å². The molecule has 0 radical (unpaired) electrons. The van der Waals surface area contributed by atoms with Crippen molar-refractivity contribution in [3.63, 3.8) is 0 Å². The molecule has 166 valence electrons. The van der Waals surface area contributed by atoms with E-state index in [-0.39, 0.29) is 11.7 Å². The summed E-state index contributed by atoms with van der Waals surface area (Å²) in [4.78, 5) is 12.3. The minimum absolute atomic E-state index is 0.188. The molecule has 0 spiro atoms. The molecule has 6 nitrogen and oxygen atoms in total. The van der Waals surface area contributed by atoms with Gasteiger partial charge in [0, 0.05) is 21.1 Å². The Morgan fingerprint density at radius 3 is 2.72 bits per heavy atom. The summed E-state index contributed by atoms with van der Waals surface area (Å²) in [5, 5.41) is 14.4. The first kappa shape index (κ1) is 23.0. The first-order valence-electron chi connectivity index (χ1n) is 10.5. The van der Waals surface area contributed by atoms with Gasteiger partial charge in [-0.05, 0) is 54.8 Å². The van der Waals surface area contributed by atoms with Crippen LogP contribution >= 0.6 is 39.3 Å². The standard InChI is InChI=1S/C23H23BrClN5OS/c24-18-6-4-5-16(13-18)14-26-27-21(31)15-32-23-29-28-22(17-9-11-19(25)12-10-17)30(23)20-7-2-1-3-8-20/h4-6,9-14,20H,1-3,7-8,15H2,(H,27,31). The summed E-state index contributed by atoms with van der Waals surface area (Å²) in [5.41, 5.74) is 4.46. The number of nitrogens with zero attached hydrogens (tertiary/aromatic N) is 4. The molecule has 1 aliphatic carbocycles. The lowest BCUT2D eigenvalue weighted by Crippen LogP contribution is -2.20. The Kier molecular flexibility index (Phi) is 8.00. The maximum atomic E-state index is 12.3. The van der Waals surface area contributed by atoms with Crippen molar-refractivity contribution in [2.45, 2.75) is 43.3 Å². The Hall–Kier alpha value is -2.16. The quantitative estimate of drug-likeness (QED) is 0.226. The minimum atomic E-state index is -0.188. The Balaban J connectivity index is 1.45. The zero-order valence-corrected chi connectivity index (χ0v) is 20.5. The summed E-state index contributed by atoms with van der Waals surface area (Å²) in [5.74, 6) is 0.845. The summed E-state index contributed by atoms with van der Waals surface area (Å²) < 4.78 is 3.16. The third-order valence-electron chi connectivity index (χ3n) is 5.29. The molecule has 0 atom stereocenters. The van der Waals surface area contributed by atoms with Gasteiger partial charge in [-0.15, -0.1) is 10.2 Å². The third kappa shape index (κ3) is 5.99. The molecule has 1 saturated carbocycles. The fourth-order valence-electron chi connectivity index (χ4n) is 3.77. The molecule has 1 aliphatic rings. The van der Waals surface area contributed by atoms with E-state index < -0.39 is 0 Å². The number of carbonyl (C=O) groups excluding carboxylic acids is 1. The molecule has 0 aliphatic heterocycles. The zero-order chi connectivity index (χ0) is 22.3. The molecule has 2 aromatic carbocycles. The van der Waals surface area contributed by atoms with Gasteiger partial charge in [0.05, 0.1) is 12.0 Å². The average molecular weight is 533 g/mol. The largest absolute Gasteiger partial charge is 0.299 e. The Bertz CT molecular complexity index is 1100. The number of amides is 1. The Labute approximate surface area is 205 Å². The summed E-state index contributed by atoms with van der Waals surface area (Å²) in [6.07, 6.45) is 7.45. The fourth-order valence-corrected chi connectivity index (χ4v) is 5.11. The zero-order valence-electron chi connectivity index (χ0n) is 17.4. The molecule has 1 amide bonds. The van der Waals surface area contributed by atoms with E-state index in [0.717, 1.165) is 39.4 Å². The second-order valence-corrected chi connectivity index (χ2v) is 9.91. The van der Waals surface area contributed by atoms with Crippen molar-refractivity contribution in [1.82, 2.24) is 20.2 Å². The van der Waals surface area contributed by atoms with Crippen LogP contribution in [0.3, 0.4) is 0 Å². The number of hydrogen-bond acceptors (Lipinski definition) is 5. The Morgan fingerprint density at radius 2 is 1.97 bits per heavy atom. The van der Waals surface area contributed by atoms with Crippen molar-refractivity contribution in [2.75, 3.05) is 5.75 Å². The summed E-state index contributed by atoms with van der Waals surface area (Å²) in [6.45, 7) is 0. The van der Waals surface area contributed by atoms with Crippen LogP contribution in [0.1, 0.15) is 43.7 Å². The van der Waals surface area contributed by atoms with Crippen molar-refractivity contribution < 1.29 is 4.79 Å². The molecule has 1 aromatic heterocycles. The molecule has 1 N–H and O–H groups in total. The number of nitrogens with one attached hydrogen (secondary N) is 1. The van der Waals surface area contributed by atoms with Gasteiger partial charge in [-0.1, -0.05) is 70.7 Å². The van der Waals surface area contributed by atoms with E-state index in [1.165, 1.54) is 31.0 Å². The molecule has 32 heavy (non-hydrogen) atoms. The van der Waals surface area contributed by atoms with E-state index in [2.05, 4.69) is 41.2 Å². The lowest BCUT2D eigenvalue weighted by atomic mass is 9.95. The van der Waals surface area contributed by atoms with Gasteiger partial charge in [0.2, 0.25) is 0 Å². The molecule has 3 aromatic rings. The van der Waals surface area contributed by atoms with Crippen molar-refractivity contribution in [3.8, 4) is 11.4 Å². The topological polar surface area (TPSA) is 72.2 Å². The van der Waals surface area contributed by atoms with Crippen molar-refractivity contribution in [2.24, 2.45) is 5.10 Å². The first-order valence-corrected chi connectivity index (χ1v) is 12.7. The van der Waals surface area contributed by atoms with E-state index >= 15 is 0 Å². The number of rotatable bonds is 7. The van der Waals surface area contributed by atoms with Crippen LogP contribution in [-0.4, -0.2) is 32.6 Å². The van der Waals surface area contributed by atoms with Crippen LogP contribution < -0.4 is 5.43 Å². The highest BCUT2D eigenvalue weighted by molar-refractivity contribution is 9.10. The molecule has 1 heterocycles. The second-order valence-electron chi connectivity index (χ2n) is 7.61. The normalized spacial score (nSPS) is 14.7. The smallest absolute Gasteiger partial charge is 0.250 e. The van der Waals surface area contributed by atoms with Gasteiger partial charge in [-0.2, -0.15) is 5.10 Å². The van der Waals surface area contributed by atoms with E-state index in [4.69, 9.17) is 11.6 Å². The third-order valence-corrected chi connectivity index (χ3v) is 6.98. The van der Waals surface area contributed by atoms with E-state index in [1.54, 1.807) is 6.21 Å². The number of hydrogen-bond donors (Lipinski definition) is 1. The van der Waals surface area contributed by atoms with Crippen LogP contribution in [0.5, 0.6) is 0 Å². The van der Waals surface area contributed by atoms with E-state index in [0.29, 0.717) is 11.1 Å². The summed E-state index contributed by atoms with van der Waals surface area (Å²) in [6, 6.07) is 15.7. The predicted molar refractivity (Wildman–Crippen MR) is 133 cm³/mol. The van der Waals surface area contributed by atoms with Crippen molar-refractivity contribution in [3.05, 3.63) is 63.6 Å². The number of carbonyl (C=O) groups is 1. The first-order chi connectivity index (χ1) is 15.6. The molecule has 4 rings (SSSR count). The molecule has 9 heteroatoms. The number of aromatic nitrogens is 3. The SMILES string of the molecule is O=C(CSc1nnc(-c2ccc(Cl)cc2)n1C1CCCCC1)NN=Cc1cccc(Br)c1. The van der Waals surface area contributed by atoms with Gasteiger partial charge in [-0.25, -0.2) is 5.43 Å². The highest BCUT2D eigenvalue weighted by Crippen LogP contribution is 2.35. The summed E-state index contributed by atoms with van der Waals surface area (Å²) in [7, 11) is 0. The average Bonchev–Trinajstić information content (AvgIpc) is 3.23. The second kappa shape index (κ2) is 11.1. The van der Waals surface area contributed by atoms with Gasteiger partial charge in [0.25, 0.3) is 5.91 Å². The van der Waals surface area contributed by atoms with Crippen LogP contribution in [0, 0.1) is 0 Å². The van der Waals surface area contributed by atoms with Gasteiger partial charge < -0.3 is 0 Å². The van der Waals surface area contributed by atoms with Crippen LogP contribution in [0.4, 0.5) is 0 Å². The lowest BCUT2D eigenvalue weighted by Gasteiger charge is -2.25. The number of hydrazone groups is 1. The van der Waals surface area contributed by atoms with Crippen molar-refractivity contribution in [1.29, 1.82) is 0 Å². The predicted octanol–water partition coefficient (Wildman–Crippen LogP) is 6.11. The van der Waals surface area contributed by atoms with Gasteiger partial charge in [-0.3, -0.25) is 9.36 Å². The molecular weight excluding hydrogens is 510 g/mol. The lowest BCUT2D eigenvalue weighted by molar-refractivity contribution is -0.118. The highest BCUT2D eigenvalue weighted by Gasteiger charge is 2.24. The van der Waals surface area contributed by atoms with Crippen LogP contribution in [-0.2, 0) is 4.79 Å². The molecule has 0 bridgehead atoms. The van der Waals surface area contributed by atoms with E-state index in [9.17, 15) is 4.79 Å². The number of halogens is 2. The monoisotopic (exact) mass is 531 g/mol. The maximum Gasteiger partial charge on any atom is 0.250 e. The Morgan fingerprint density at radius 1 is 1.19 bits per heavy atom. The minimum Gasteiger partial charge on any atom is -0.299 e. The van der Waals surface area contributed by atoms with Crippen LogP contribution in [0.2, 0.25) is 5.02 Å². The van der Waals surface area contributed by atoms with Gasteiger partial charge in [0.1, 0.15) is 0 Å². The summed E-state index contributed by atoms with van der Waals surface area (Å²) >= 11 is 10.9. The molecule has 1 fully saturated rings. The van der Waals surface area contributed by atoms with Crippen LogP contribution in [0.15, 0.2) is 63.3 Å². The molecular formula is C23H23BrClN5OS.